The maximum absolute atomic E-state index is 12.8. The summed E-state index contributed by atoms with van der Waals surface area (Å²) in [6, 6.07) is 12.2. The van der Waals surface area contributed by atoms with Crippen LogP contribution in [0.2, 0.25) is 0 Å². The van der Waals surface area contributed by atoms with Crippen LogP contribution in [0.1, 0.15) is 46.7 Å². The predicted molar refractivity (Wildman–Crippen MR) is 98.8 cm³/mol. The van der Waals surface area contributed by atoms with Crippen molar-refractivity contribution in [2.24, 2.45) is 0 Å². The number of nitrogens with one attached hydrogen (secondary N) is 1. The van der Waals surface area contributed by atoms with Crippen molar-refractivity contribution in [3.63, 3.8) is 0 Å². The molecule has 0 aliphatic carbocycles. The second-order valence-electron chi connectivity index (χ2n) is 6.16. The summed E-state index contributed by atoms with van der Waals surface area (Å²) in [5.41, 5.74) is 5.97. The summed E-state index contributed by atoms with van der Waals surface area (Å²) in [5, 5.41) is 4.06. The van der Waals surface area contributed by atoms with Crippen LogP contribution in [-0.2, 0) is 12.8 Å². The summed E-state index contributed by atoms with van der Waals surface area (Å²) in [6.07, 6.45) is 1.83. The van der Waals surface area contributed by atoms with Crippen LogP contribution in [0.3, 0.4) is 0 Å². The van der Waals surface area contributed by atoms with Gasteiger partial charge in [0.05, 0.1) is 0 Å². The van der Waals surface area contributed by atoms with E-state index in [2.05, 4.69) is 25.2 Å². The molecule has 3 aromatic rings. The van der Waals surface area contributed by atoms with E-state index in [0.717, 1.165) is 46.2 Å². The first-order valence-electron chi connectivity index (χ1n) is 8.47. The lowest BCUT2D eigenvalue weighted by molar-refractivity contribution is 0.0997. The molecule has 24 heavy (non-hydrogen) atoms. The molecule has 3 heteroatoms. The third-order valence-corrected chi connectivity index (χ3v) is 4.59. The van der Waals surface area contributed by atoms with Gasteiger partial charge in [-0.25, -0.2) is 0 Å². The van der Waals surface area contributed by atoms with Crippen molar-refractivity contribution < 1.29 is 9.21 Å². The Bertz CT molecular complexity index is 906. The molecule has 0 spiro atoms. The number of benzene rings is 2. The molecule has 1 N–H and O–H groups in total. The van der Waals surface area contributed by atoms with E-state index in [4.69, 9.17) is 4.42 Å². The first-order valence-corrected chi connectivity index (χ1v) is 8.47. The molecular weight excluding hydrogens is 298 g/mol. The molecule has 124 valence electrons. The lowest BCUT2D eigenvalue weighted by Crippen LogP contribution is -2.14. The number of furan rings is 1. The zero-order valence-electron chi connectivity index (χ0n) is 14.7. The van der Waals surface area contributed by atoms with E-state index >= 15 is 0 Å². The van der Waals surface area contributed by atoms with Gasteiger partial charge in [0, 0.05) is 16.6 Å². The Labute approximate surface area is 142 Å². The molecule has 0 aliphatic heterocycles. The van der Waals surface area contributed by atoms with E-state index in [1.165, 1.54) is 5.56 Å². The average Bonchev–Trinajstić information content (AvgIpc) is 2.93. The third-order valence-electron chi connectivity index (χ3n) is 4.59. The molecule has 0 saturated heterocycles. The van der Waals surface area contributed by atoms with Crippen molar-refractivity contribution in [1.29, 1.82) is 0 Å². The normalized spacial score (nSPS) is 11.0. The number of fused-ring (bicyclic) bond motifs is 1. The number of amides is 1. The lowest BCUT2D eigenvalue weighted by atomic mass is 10.0. The summed E-state index contributed by atoms with van der Waals surface area (Å²) in [7, 11) is 0. The minimum absolute atomic E-state index is 0.189. The zero-order valence-corrected chi connectivity index (χ0v) is 14.7. The van der Waals surface area contributed by atoms with E-state index in [-0.39, 0.29) is 5.91 Å². The molecule has 1 aromatic heterocycles. The number of rotatable bonds is 4. The van der Waals surface area contributed by atoms with Crippen molar-refractivity contribution in [3.8, 4) is 0 Å². The van der Waals surface area contributed by atoms with Gasteiger partial charge in [-0.1, -0.05) is 38.1 Å². The maximum atomic E-state index is 12.8. The van der Waals surface area contributed by atoms with Crippen LogP contribution >= 0.6 is 0 Å². The van der Waals surface area contributed by atoms with E-state index in [1.54, 1.807) is 0 Å². The Morgan fingerprint density at radius 2 is 1.88 bits per heavy atom. The van der Waals surface area contributed by atoms with Crippen LogP contribution in [0.25, 0.3) is 11.0 Å². The fourth-order valence-electron chi connectivity index (χ4n) is 3.08. The molecular formula is C21H23NO2. The van der Waals surface area contributed by atoms with E-state index in [1.807, 2.05) is 44.2 Å². The SMILES string of the molecule is CCc1ccc2oc(C(=O)Nc3c(C)cccc3CC)c(C)c2c1. The van der Waals surface area contributed by atoms with Gasteiger partial charge in [-0.15, -0.1) is 0 Å². The van der Waals surface area contributed by atoms with Crippen LogP contribution in [-0.4, -0.2) is 5.91 Å². The number of para-hydroxylation sites is 1. The summed E-state index contributed by atoms with van der Waals surface area (Å²) in [5.74, 6) is 0.203. The number of anilines is 1. The highest BCUT2D eigenvalue weighted by atomic mass is 16.3. The van der Waals surface area contributed by atoms with Gasteiger partial charge >= 0.3 is 0 Å². The van der Waals surface area contributed by atoms with Gasteiger partial charge < -0.3 is 9.73 Å². The fraction of sp³-hybridized carbons (Fsp3) is 0.286. The van der Waals surface area contributed by atoms with E-state index < -0.39 is 0 Å². The molecule has 0 saturated carbocycles. The second kappa shape index (κ2) is 6.52. The Morgan fingerprint density at radius 1 is 1.08 bits per heavy atom. The van der Waals surface area contributed by atoms with Crippen molar-refractivity contribution in [1.82, 2.24) is 0 Å². The van der Waals surface area contributed by atoms with Gasteiger partial charge in [0.1, 0.15) is 5.58 Å². The Hall–Kier alpha value is -2.55. The molecule has 1 heterocycles. The van der Waals surface area contributed by atoms with Crippen LogP contribution in [0, 0.1) is 13.8 Å². The Balaban J connectivity index is 1.99. The van der Waals surface area contributed by atoms with E-state index in [0.29, 0.717) is 5.76 Å². The van der Waals surface area contributed by atoms with Crippen LogP contribution < -0.4 is 5.32 Å². The molecule has 0 fully saturated rings. The topological polar surface area (TPSA) is 42.2 Å². The minimum atomic E-state index is -0.189. The summed E-state index contributed by atoms with van der Waals surface area (Å²) < 4.78 is 5.83. The first kappa shape index (κ1) is 16.3. The number of carbonyl (C=O) groups is 1. The smallest absolute Gasteiger partial charge is 0.291 e. The predicted octanol–water partition coefficient (Wildman–Crippen LogP) is 5.43. The van der Waals surface area contributed by atoms with Gasteiger partial charge in [-0.05, 0) is 55.5 Å². The molecule has 3 nitrogen and oxygen atoms in total. The van der Waals surface area contributed by atoms with Gasteiger partial charge in [0.15, 0.2) is 5.76 Å². The molecule has 0 bridgehead atoms. The largest absolute Gasteiger partial charge is 0.451 e. The van der Waals surface area contributed by atoms with E-state index in [9.17, 15) is 4.79 Å². The van der Waals surface area contributed by atoms with Crippen LogP contribution in [0.4, 0.5) is 5.69 Å². The summed E-state index contributed by atoms with van der Waals surface area (Å²) >= 11 is 0. The summed E-state index contributed by atoms with van der Waals surface area (Å²) in [4.78, 5) is 12.8. The number of aryl methyl sites for hydroxylation is 4. The highest BCUT2D eigenvalue weighted by Crippen LogP contribution is 2.28. The Morgan fingerprint density at radius 3 is 2.58 bits per heavy atom. The van der Waals surface area contributed by atoms with Crippen LogP contribution in [0.15, 0.2) is 40.8 Å². The monoisotopic (exact) mass is 321 g/mol. The lowest BCUT2D eigenvalue weighted by Gasteiger charge is -2.12. The highest BCUT2D eigenvalue weighted by molar-refractivity contribution is 6.07. The highest BCUT2D eigenvalue weighted by Gasteiger charge is 2.19. The van der Waals surface area contributed by atoms with Gasteiger partial charge in [-0.3, -0.25) is 4.79 Å². The number of hydrogen-bond acceptors (Lipinski definition) is 2. The summed E-state index contributed by atoms with van der Waals surface area (Å²) in [6.45, 7) is 8.16. The minimum Gasteiger partial charge on any atom is -0.451 e. The van der Waals surface area contributed by atoms with Gasteiger partial charge in [-0.2, -0.15) is 0 Å². The molecule has 1 amide bonds. The molecule has 0 atom stereocenters. The van der Waals surface area contributed by atoms with Gasteiger partial charge in [0.2, 0.25) is 0 Å². The van der Waals surface area contributed by atoms with Crippen molar-refractivity contribution in [2.45, 2.75) is 40.5 Å². The standard InChI is InChI=1S/C21H23NO2/c1-5-15-10-11-18-17(12-15)14(4)20(24-18)21(23)22-19-13(3)8-7-9-16(19)6-2/h7-12H,5-6H2,1-4H3,(H,22,23). The number of hydrogen-bond donors (Lipinski definition) is 1. The molecule has 3 rings (SSSR count). The van der Waals surface area contributed by atoms with Gasteiger partial charge in [0.25, 0.3) is 5.91 Å². The molecule has 0 unspecified atom stereocenters. The second-order valence-corrected chi connectivity index (χ2v) is 6.16. The molecule has 0 radical (unpaired) electrons. The quantitative estimate of drug-likeness (QED) is 0.696. The zero-order chi connectivity index (χ0) is 17.3. The maximum Gasteiger partial charge on any atom is 0.291 e. The van der Waals surface area contributed by atoms with Crippen LogP contribution in [0.5, 0.6) is 0 Å². The fourth-order valence-corrected chi connectivity index (χ4v) is 3.08. The molecule has 2 aromatic carbocycles. The van der Waals surface area contributed by atoms with Crippen molar-refractivity contribution >= 4 is 22.6 Å². The van der Waals surface area contributed by atoms with Crippen molar-refractivity contribution in [2.75, 3.05) is 5.32 Å². The first-order chi connectivity index (χ1) is 11.5. The van der Waals surface area contributed by atoms with Crippen molar-refractivity contribution in [3.05, 3.63) is 64.4 Å². The number of carbonyl (C=O) groups excluding carboxylic acids is 1. The average molecular weight is 321 g/mol. The third kappa shape index (κ3) is 2.82. The molecule has 0 aliphatic rings. The Kier molecular flexibility index (Phi) is 4.43.